The molecule has 0 bridgehead atoms. The lowest BCUT2D eigenvalue weighted by Gasteiger charge is -2.26. The van der Waals surface area contributed by atoms with Crippen LogP contribution in [-0.2, 0) is 0 Å². The highest BCUT2D eigenvalue weighted by Gasteiger charge is 2.28. The van der Waals surface area contributed by atoms with E-state index >= 15 is 0 Å². The van der Waals surface area contributed by atoms with Crippen molar-refractivity contribution in [2.75, 3.05) is 10.2 Å². The number of nitrogens with zero attached hydrogens (tertiary/aromatic N) is 1. The molecule has 3 heteroatoms. The van der Waals surface area contributed by atoms with Crippen molar-refractivity contribution in [3.63, 3.8) is 0 Å². The summed E-state index contributed by atoms with van der Waals surface area (Å²) in [4.78, 5) is 2.34. The molecule has 0 fully saturated rings. The number of rotatable bonds is 6. The standard InChI is InChI=1S/C49H34N2O/c1-3-11-33(12-4-1)35-21-25-40(26-22-35)51(41-27-23-36(24-28-41)39-20-19-34-13-7-8-16-38(34)31-39)42-29-30-44-43-17-9-10-18-45(43)47-48(46(44)32-42)52-49(50-47)37-14-5-2-6-15-37/h1-32,49-50H. The third-order valence-corrected chi connectivity index (χ3v) is 10.3. The summed E-state index contributed by atoms with van der Waals surface area (Å²) in [6.07, 6.45) is -0.266. The minimum Gasteiger partial charge on any atom is -0.464 e. The van der Waals surface area contributed by atoms with Gasteiger partial charge in [-0.05, 0) is 86.3 Å². The zero-order valence-corrected chi connectivity index (χ0v) is 28.4. The van der Waals surface area contributed by atoms with E-state index < -0.39 is 0 Å². The Balaban J connectivity index is 1.11. The summed E-state index contributed by atoms with van der Waals surface area (Å²) in [5.74, 6) is 0.885. The van der Waals surface area contributed by atoms with Gasteiger partial charge in [0.25, 0.3) is 0 Å². The molecule has 52 heavy (non-hydrogen) atoms. The van der Waals surface area contributed by atoms with Crippen molar-refractivity contribution in [1.29, 1.82) is 0 Å². The first kappa shape index (κ1) is 30.0. The molecular formula is C49H34N2O. The second-order valence-corrected chi connectivity index (χ2v) is 13.4. The maximum absolute atomic E-state index is 6.79. The Morgan fingerprint density at radius 3 is 1.65 bits per heavy atom. The Labute approximate surface area is 303 Å². The van der Waals surface area contributed by atoms with Gasteiger partial charge in [-0.15, -0.1) is 0 Å². The summed E-state index contributed by atoms with van der Waals surface area (Å²) >= 11 is 0. The first-order valence-corrected chi connectivity index (χ1v) is 17.8. The predicted octanol–water partition coefficient (Wildman–Crippen LogP) is 13.5. The number of hydrogen-bond donors (Lipinski definition) is 1. The van der Waals surface area contributed by atoms with E-state index in [1.807, 2.05) is 6.07 Å². The molecule has 0 spiro atoms. The highest BCUT2D eigenvalue weighted by molar-refractivity contribution is 6.18. The normalized spacial score (nSPS) is 13.5. The molecule has 1 aliphatic rings. The Hall–Kier alpha value is -6.84. The molecule has 0 aromatic heterocycles. The zero-order chi connectivity index (χ0) is 34.4. The molecule has 0 aliphatic carbocycles. The van der Waals surface area contributed by atoms with E-state index in [0.29, 0.717) is 0 Å². The summed E-state index contributed by atoms with van der Waals surface area (Å²) in [6.45, 7) is 0. The maximum Gasteiger partial charge on any atom is 0.196 e. The van der Waals surface area contributed by atoms with Gasteiger partial charge in [0.1, 0.15) is 0 Å². The number of fused-ring (bicyclic) bond motifs is 7. The average molecular weight is 667 g/mol. The van der Waals surface area contributed by atoms with Crippen LogP contribution in [0.25, 0.3) is 54.6 Å². The van der Waals surface area contributed by atoms with Crippen LogP contribution in [0.15, 0.2) is 194 Å². The summed E-state index contributed by atoms with van der Waals surface area (Å²) in [7, 11) is 0. The van der Waals surface area contributed by atoms with E-state index in [4.69, 9.17) is 4.74 Å². The summed E-state index contributed by atoms with van der Waals surface area (Å²) < 4.78 is 6.79. The Morgan fingerprint density at radius 1 is 0.385 bits per heavy atom. The van der Waals surface area contributed by atoms with Crippen molar-refractivity contribution in [1.82, 2.24) is 0 Å². The third-order valence-electron chi connectivity index (χ3n) is 10.3. The van der Waals surface area contributed by atoms with Crippen LogP contribution >= 0.6 is 0 Å². The Kier molecular flexibility index (Phi) is 7.21. The number of ether oxygens (including phenoxy) is 1. The molecule has 1 heterocycles. The molecule has 0 amide bonds. The fourth-order valence-electron chi connectivity index (χ4n) is 7.66. The molecule has 9 aromatic carbocycles. The second kappa shape index (κ2) is 12.5. The van der Waals surface area contributed by atoms with Gasteiger partial charge in [0.15, 0.2) is 12.0 Å². The van der Waals surface area contributed by atoms with Crippen LogP contribution in [0.2, 0.25) is 0 Å². The van der Waals surface area contributed by atoms with E-state index in [9.17, 15) is 0 Å². The van der Waals surface area contributed by atoms with E-state index in [1.165, 1.54) is 43.8 Å². The average Bonchev–Trinajstić information content (AvgIpc) is 3.69. The van der Waals surface area contributed by atoms with Gasteiger partial charge in [-0.1, -0.05) is 152 Å². The SMILES string of the molecule is c1ccc(-c2ccc(N(c3ccc(-c4ccc5ccccc5c4)cc3)c3ccc4c(c3)c3c(c5ccccc54)NC(c4ccccc4)O3)cc2)cc1. The van der Waals surface area contributed by atoms with Gasteiger partial charge in [-0.3, -0.25) is 0 Å². The summed E-state index contributed by atoms with van der Waals surface area (Å²) in [5, 5.41) is 10.8. The molecule has 9 aromatic rings. The van der Waals surface area contributed by atoms with Crippen LogP contribution in [0.3, 0.4) is 0 Å². The predicted molar refractivity (Wildman–Crippen MR) is 218 cm³/mol. The first-order chi connectivity index (χ1) is 25.8. The van der Waals surface area contributed by atoms with Gasteiger partial charge in [0.2, 0.25) is 0 Å². The number of hydrogen-bond acceptors (Lipinski definition) is 3. The molecule has 3 nitrogen and oxygen atoms in total. The van der Waals surface area contributed by atoms with Crippen LogP contribution in [0.4, 0.5) is 22.7 Å². The molecule has 246 valence electrons. The largest absolute Gasteiger partial charge is 0.464 e. The van der Waals surface area contributed by atoms with E-state index in [1.54, 1.807) is 0 Å². The molecule has 0 radical (unpaired) electrons. The minimum atomic E-state index is -0.266. The van der Waals surface area contributed by atoms with Gasteiger partial charge >= 0.3 is 0 Å². The van der Waals surface area contributed by atoms with Gasteiger partial charge in [-0.2, -0.15) is 0 Å². The minimum absolute atomic E-state index is 0.266. The number of anilines is 4. The number of benzene rings is 9. The monoisotopic (exact) mass is 666 g/mol. The Bertz CT molecular complexity index is 2720. The van der Waals surface area contributed by atoms with Crippen molar-refractivity contribution < 1.29 is 4.74 Å². The highest BCUT2D eigenvalue weighted by atomic mass is 16.5. The van der Waals surface area contributed by atoms with E-state index in [-0.39, 0.29) is 6.23 Å². The van der Waals surface area contributed by atoms with Crippen LogP contribution in [0.5, 0.6) is 5.75 Å². The van der Waals surface area contributed by atoms with Crippen molar-refractivity contribution in [2.45, 2.75) is 6.23 Å². The maximum atomic E-state index is 6.79. The smallest absolute Gasteiger partial charge is 0.196 e. The first-order valence-electron chi connectivity index (χ1n) is 17.8. The van der Waals surface area contributed by atoms with Gasteiger partial charge < -0.3 is 15.0 Å². The van der Waals surface area contributed by atoms with Crippen molar-refractivity contribution in [2.24, 2.45) is 0 Å². The molecule has 10 rings (SSSR count). The van der Waals surface area contributed by atoms with E-state index in [0.717, 1.165) is 44.8 Å². The molecular weight excluding hydrogens is 633 g/mol. The lowest BCUT2D eigenvalue weighted by Crippen LogP contribution is -2.10. The van der Waals surface area contributed by atoms with Crippen molar-refractivity contribution in [3.8, 4) is 28.0 Å². The molecule has 1 aliphatic heterocycles. The van der Waals surface area contributed by atoms with Crippen molar-refractivity contribution in [3.05, 3.63) is 200 Å². The van der Waals surface area contributed by atoms with Crippen LogP contribution in [-0.4, -0.2) is 0 Å². The lowest BCUT2D eigenvalue weighted by molar-refractivity contribution is 0.262. The summed E-state index contributed by atoms with van der Waals surface area (Å²) in [5.41, 5.74) is 10.1. The molecule has 0 saturated heterocycles. The molecule has 1 unspecified atom stereocenters. The zero-order valence-electron chi connectivity index (χ0n) is 28.4. The number of nitrogens with one attached hydrogen (secondary N) is 1. The highest BCUT2D eigenvalue weighted by Crippen LogP contribution is 2.50. The fourth-order valence-corrected chi connectivity index (χ4v) is 7.66. The van der Waals surface area contributed by atoms with Crippen LogP contribution in [0.1, 0.15) is 11.8 Å². The molecule has 1 N–H and O–H groups in total. The quantitative estimate of drug-likeness (QED) is 0.179. The third kappa shape index (κ3) is 5.23. The Morgan fingerprint density at radius 2 is 0.923 bits per heavy atom. The van der Waals surface area contributed by atoms with E-state index in [2.05, 4.69) is 198 Å². The van der Waals surface area contributed by atoms with Gasteiger partial charge in [-0.25, -0.2) is 0 Å². The fraction of sp³-hybridized carbons (Fsp3) is 0.0204. The molecule has 0 saturated carbocycles. The van der Waals surface area contributed by atoms with Crippen LogP contribution in [0, 0.1) is 0 Å². The lowest BCUT2D eigenvalue weighted by atomic mass is 9.98. The second-order valence-electron chi connectivity index (χ2n) is 13.4. The topological polar surface area (TPSA) is 24.5 Å². The van der Waals surface area contributed by atoms with Gasteiger partial charge in [0, 0.05) is 33.4 Å². The van der Waals surface area contributed by atoms with Crippen LogP contribution < -0.4 is 15.0 Å². The van der Waals surface area contributed by atoms with Crippen molar-refractivity contribution >= 4 is 55.1 Å². The summed E-state index contributed by atoms with van der Waals surface area (Å²) in [6, 6.07) is 69.3. The molecule has 1 atom stereocenters. The van der Waals surface area contributed by atoms with Gasteiger partial charge in [0.05, 0.1) is 5.69 Å².